The zero-order chi connectivity index (χ0) is 9.90. The standard InChI is InChI=1S/C9H18N2O2/c1-9(2)8(12)10-4-5-11(9)6-7-13-3/h4-7H2,1-3H3,(H,10,12). The molecule has 76 valence electrons. The van der Waals surface area contributed by atoms with Crippen molar-refractivity contribution in [3.8, 4) is 0 Å². The Morgan fingerprint density at radius 2 is 2.31 bits per heavy atom. The first-order chi connectivity index (χ1) is 6.09. The van der Waals surface area contributed by atoms with E-state index < -0.39 is 5.54 Å². The van der Waals surface area contributed by atoms with Crippen LogP contribution >= 0.6 is 0 Å². The molecule has 0 bridgehead atoms. The van der Waals surface area contributed by atoms with E-state index in [2.05, 4.69) is 10.2 Å². The van der Waals surface area contributed by atoms with Crippen LogP contribution in [0.4, 0.5) is 0 Å². The fraction of sp³-hybridized carbons (Fsp3) is 0.889. The van der Waals surface area contributed by atoms with E-state index in [0.717, 1.165) is 19.6 Å². The third kappa shape index (κ3) is 2.19. The maximum atomic E-state index is 11.5. The normalized spacial score (nSPS) is 22.8. The molecule has 0 aromatic heterocycles. The van der Waals surface area contributed by atoms with E-state index >= 15 is 0 Å². The van der Waals surface area contributed by atoms with E-state index in [1.807, 2.05) is 13.8 Å². The maximum absolute atomic E-state index is 11.5. The van der Waals surface area contributed by atoms with Crippen LogP contribution in [-0.2, 0) is 9.53 Å². The van der Waals surface area contributed by atoms with Crippen molar-refractivity contribution in [1.29, 1.82) is 0 Å². The van der Waals surface area contributed by atoms with Gasteiger partial charge in [-0.05, 0) is 13.8 Å². The average molecular weight is 186 g/mol. The van der Waals surface area contributed by atoms with Crippen molar-refractivity contribution >= 4 is 5.91 Å². The van der Waals surface area contributed by atoms with Gasteiger partial charge in [-0.15, -0.1) is 0 Å². The third-order valence-electron chi connectivity index (χ3n) is 2.58. The fourth-order valence-corrected chi connectivity index (χ4v) is 1.54. The Hall–Kier alpha value is -0.610. The molecule has 1 aliphatic rings. The van der Waals surface area contributed by atoms with Crippen molar-refractivity contribution in [2.24, 2.45) is 0 Å². The van der Waals surface area contributed by atoms with Crippen molar-refractivity contribution < 1.29 is 9.53 Å². The lowest BCUT2D eigenvalue weighted by molar-refractivity contribution is -0.135. The number of rotatable bonds is 3. The molecule has 0 spiro atoms. The summed E-state index contributed by atoms with van der Waals surface area (Å²) in [5.41, 5.74) is -0.392. The highest BCUT2D eigenvalue weighted by Crippen LogP contribution is 2.16. The minimum atomic E-state index is -0.392. The second kappa shape index (κ2) is 4.07. The number of amides is 1. The molecule has 0 aromatic rings. The van der Waals surface area contributed by atoms with Crippen LogP contribution in [-0.4, -0.2) is 49.7 Å². The Kier molecular flexibility index (Phi) is 3.27. The molecule has 1 fully saturated rings. The van der Waals surface area contributed by atoms with Crippen LogP contribution in [0, 0.1) is 0 Å². The number of hydrogen-bond donors (Lipinski definition) is 1. The summed E-state index contributed by atoms with van der Waals surface area (Å²) in [4.78, 5) is 13.6. The molecule has 1 N–H and O–H groups in total. The van der Waals surface area contributed by atoms with Crippen molar-refractivity contribution in [3.05, 3.63) is 0 Å². The monoisotopic (exact) mass is 186 g/mol. The van der Waals surface area contributed by atoms with Gasteiger partial charge in [0, 0.05) is 26.7 Å². The zero-order valence-corrected chi connectivity index (χ0v) is 8.59. The maximum Gasteiger partial charge on any atom is 0.240 e. The van der Waals surface area contributed by atoms with Crippen LogP contribution in [0.1, 0.15) is 13.8 Å². The largest absolute Gasteiger partial charge is 0.383 e. The second-order valence-electron chi connectivity index (χ2n) is 3.79. The summed E-state index contributed by atoms with van der Waals surface area (Å²) < 4.78 is 5.00. The Morgan fingerprint density at radius 1 is 1.62 bits per heavy atom. The van der Waals surface area contributed by atoms with E-state index in [0.29, 0.717) is 6.61 Å². The molecule has 1 aliphatic heterocycles. The van der Waals surface area contributed by atoms with Crippen molar-refractivity contribution in [3.63, 3.8) is 0 Å². The summed E-state index contributed by atoms with van der Waals surface area (Å²) in [6.07, 6.45) is 0. The van der Waals surface area contributed by atoms with Crippen LogP contribution in [0.25, 0.3) is 0 Å². The first-order valence-electron chi connectivity index (χ1n) is 4.61. The van der Waals surface area contributed by atoms with Gasteiger partial charge in [0.25, 0.3) is 0 Å². The molecule has 4 heteroatoms. The molecule has 4 nitrogen and oxygen atoms in total. The number of methoxy groups -OCH3 is 1. The van der Waals surface area contributed by atoms with E-state index in [1.54, 1.807) is 7.11 Å². The van der Waals surface area contributed by atoms with E-state index in [-0.39, 0.29) is 5.91 Å². The Bertz CT molecular complexity index is 192. The van der Waals surface area contributed by atoms with Crippen molar-refractivity contribution in [2.75, 3.05) is 33.4 Å². The Labute approximate surface area is 79.2 Å². The van der Waals surface area contributed by atoms with E-state index in [9.17, 15) is 4.79 Å². The predicted molar refractivity (Wildman–Crippen MR) is 50.5 cm³/mol. The lowest BCUT2D eigenvalue weighted by atomic mass is 9.99. The Balaban J connectivity index is 2.55. The highest BCUT2D eigenvalue weighted by Gasteiger charge is 2.36. The number of ether oxygens (including phenoxy) is 1. The van der Waals surface area contributed by atoms with Gasteiger partial charge in [0.15, 0.2) is 0 Å². The van der Waals surface area contributed by atoms with Crippen LogP contribution in [0.15, 0.2) is 0 Å². The summed E-state index contributed by atoms with van der Waals surface area (Å²) in [5, 5.41) is 2.86. The van der Waals surface area contributed by atoms with Gasteiger partial charge in [0.1, 0.15) is 0 Å². The molecule has 1 heterocycles. The van der Waals surface area contributed by atoms with Crippen LogP contribution in [0.5, 0.6) is 0 Å². The molecule has 1 amide bonds. The summed E-state index contributed by atoms with van der Waals surface area (Å²) in [6, 6.07) is 0. The molecule has 0 aliphatic carbocycles. The first-order valence-corrected chi connectivity index (χ1v) is 4.61. The zero-order valence-electron chi connectivity index (χ0n) is 8.59. The molecule has 0 radical (unpaired) electrons. The van der Waals surface area contributed by atoms with Gasteiger partial charge in [-0.3, -0.25) is 9.69 Å². The number of piperazine rings is 1. The SMILES string of the molecule is COCCN1CCNC(=O)C1(C)C. The molecule has 0 atom stereocenters. The van der Waals surface area contributed by atoms with Gasteiger partial charge in [-0.2, -0.15) is 0 Å². The summed E-state index contributed by atoms with van der Waals surface area (Å²) in [5.74, 6) is 0.106. The number of nitrogens with zero attached hydrogens (tertiary/aromatic N) is 1. The van der Waals surface area contributed by atoms with Gasteiger partial charge >= 0.3 is 0 Å². The molecular formula is C9H18N2O2. The van der Waals surface area contributed by atoms with Gasteiger partial charge in [0.2, 0.25) is 5.91 Å². The number of carbonyl (C=O) groups is 1. The molecule has 13 heavy (non-hydrogen) atoms. The van der Waals surface area contributed by atoms with Gasteiger partial charge < -0.3 is 10.1 Å². The molecular weight excluding hydrogens is 168 g/mol. The lowest BCUT2D eigenvalue weighted by Gasteiger charge is -2.40. The highest BCUT2D eigenvalue weighted by atomic mass is 16.5. The van der Waals surface area contributed by atoms with E-state index in [4.69, 9.17) is 4.74 Å². The first kappa shape index (κ1) is 10.5. The molecule has 0 saturated carbocycles. The van der Waals surface area contributed by atoms with Gasteiger partial charge in [0.05, 0.1) is 12.1 Å². The number of nitrogens with one attached hydrogen (secondary N) is 1. The van der Waals surface area contributed by atoms with Crippen molar-refractivity contribution in [1.82, 2.24) is 10.2 Å². The highest BCUT2D eigenvalue weighted by molar-refractivity contribution is 5.86. The molecule has 0 unspecified atom stereocenters. The smallest absolute Gasteiger partial charge is 0.240 e. The van der Waals surface area contributed by atoms with E-state index in [1.165, 1.54) is 0 Å². The van der Waals surface area contributed by atoms with Gasteiger partial charge in [-0.25, -0.2) is 0 Å². The molecule has 1 rings (SSSR count). The van der Waals surface area contributed by atoms with Crippen molar-refractivity contribution in [2.45, 2.75) is 19.4 Å². The molecule has 0 aromatic carbocycles. The number of carbonyl (C=O) groups excluding carboxylic acids is 1. The Morgan fingerprint density at radius 3 is 2.92 bits per heavy atom. The topological polar surface area (TPSA) is 41.6 Å². The summed E-state index contributed by atoms with van der Waals surface area (Å²) in [7, 11) is 1.68. The lowest BCUT2D eigenvalue weighted by Crippen LogP contribution is -2.62. The minimum absolute atomic E-state index is 0.106. The third-order valence-corrected chi connectivity index (χ3v) is 2.58. The van der Waals surface area contributed by atoms with Crippen LogP contribution < -0.4 is 5.32 Å². The van der Waals surface area contributed by atoms with Gasteiger partial charge in [-0.1, -0.05) is 0 Å². The molecule has 1 saturated heterocycles. The predicted octanol–water partition coefficient (Wildman–Crippen LogP) is -0.157. The summed E-state index contributed by atoms with van der Waals surface area (Å²) in [6.45, 7) is 7.02. The quantitative estimate of drug-likeness (QED) is 0.666. The van der Waals surface area contributed by atoms with Crippen LogP contribution in [0.2, 0.25) is 0 Å². The fourth-order valence-electron chi connectivity index (χ4n) is 1.54. The summed E-state index contributed by atoms with van der Waals surface area (Å²) >= 11 is 0. The average Bonchev–Trinajstić information content (AvgIpc) is 2.08. The minimum Gasteiger partial charge on any atom is -0.383 e. The number of hydrogen-bond acceptors (Lipinski definition) is 3. The second-order valence-corrected chi connectivity index (χ2v) is 3.79. The van der Waals surface area contributed by atoms with Crippen LogP contribution in [0.3, 0.4) is 0 Å².